The van der Waals surface area contributed by atoms with Crippen LogP contribution in [0, 0.1) is 0 Å². The molecule has 0 saturated carbocycles. The zero-order valence-electron chi connectivity index (χ0n) is 11.8. The van der Waals surface area contributed by atoms with E-state index in [1.54, 1.807) is 13.2 Å². The fourth-order valence-corrected chi connectivity index (χ4v) is 1.94. The average molecular weight is 265 g/mol. The molecule has 0 aliphatic rings. The maximum atomic E-state index is 8.71. The van der Waals surface area contributed by atoms with Crippen LogP contribution in [0.2, 0.25) is 0 Å². The van der Waals surface area contributed by atoms with Gasteiger partial charge >= 0.3 is 0 Å². The van der Waals surface area contributed by atoms with Crippen molar-refractivity contribution in [3.8, 4) is 5.75 Å². The molecule has 4 N–H and O–H groups in total. The zero-order chi connectivity index (χ0) is 14.3. The fourth-order valence-electron chi connectivity index (χ4n) is 1.94. The van der Waals surface area contributed by atoms with Gasteiger partial charge in [-0.1, -0.05) is 24.6 Å². The lowest BCUT2D eigenvalue weighted by Crippen LogP contribution is -2.25. The van der Waals surface area contributed by atoms with Gasteiger partial charge in [-0.25, -0.2) is 0 Å². The maximum Gasteiger partial charge on any atom is 0.173 e. The van der Waals surface area contributed by atoms with Crippen LogP contribution in [-0.4, -0.2) is 24.2 Å². The van der Waals surface area contributed by atoms with Crippen molar-refractivity contribution in [2.24, 2.45) is 10.9 Å². The van der Waals surface area contributed by atoms with Gasteiger partial charge in [0.15, 0.2) is 5.84 Å². The van der Waals surface area contributed by atoms with E-state index in [1.807, 2.05) is 12.1 Å². The Morgan fingerprint density at radius 1 is 1.53 bits per heavy atom. The van der Waals surface area contributed by atoms with E-state index >= 15 is 0 Å². The van der Waals surface area contributed by atoms with Crippen LogP contribution >= 0.6 is 0 Å². The zero-order valence-corrected chi connectivity index (χ0v) is 11.8. The van der Waals surface area contributed by atoms with Crippen LogP contribution in [0.5, 0.6) is 5.75 Å². The first-order valence-corrected chi connectivity index (χ1v) is 6.50. The molecule has 1 unspecified atom stereocenters. The standard InChI is InChI=1S/C14H23N3O2/c1-4-5-10(2)16-9-11-6-7-12(14(15)17-18)13(8-11)19-3/h6-8,10,16,18H,4-5,9H2,1-3H3,(H2,15,17). The van der Waals surface area contributed by atoms with Gasteiger partial charge < -0.3 is 21.0 Å². The van der Waals surface area contributed by atoms with E-state index in [0.29, 0.717) is 17.4 Å². The highest BCUT2D eigenvalue weighted by molar-refractivity contribution is 5.99. The molecule has 5 nitrogen and oxygen atoms in total. The van der Waals surface area contributed by atoms with Crippen molar-refractivity contribution in [1.82, 2.24) is 5.32 Å². The van der Waals surface area contributed by atoms with Crippen LogP contribution in [0.25, 0.3) is 0 Å². The van der Waals surface area contributed by atoms with Crippen molar-refractivity contribution in [2.75, 3.05) is 7.11 Å². The van der Waals surface area contributed by atoms with Gasteiger partial charge in [0, 0.05) is 12.6 Å². The Kier molecular flexibility index (Phi) is 6.15. The monoisotopic (exact) mass is 265 g/mol. The summed E-state index contributed by atoms with van der Waals surface area (Å²) in [6.07, 6.45) is 2.32. The van der Waals surface area contributed by atoms with E-state index in [0.717, 1.165) is 18.5 Å². The Hall–Kier alpha value is -1.75. The van der Waals surface area contributed by atoms with Crippen molar-refractivity contribution < 1.29 is 9.94 Å². The van der Waals surface area contributed by atoms with Gasteiger partial charge in [0.2, 0.25) is 0 Å². The first-order valence-electron chi connectivity index (χ1n) is 6.50. The predicted octanol–water partition coefficient (Wildman–Crippen LogP) is 2.07. The quantitative estimate of drug-likeness (QED) is 0.305. The lowest BCUT2D eigenvalue weighted by Gasteiger charge is -2.14. The lowest BCUT2D eigenvalue weighted by atomic mass is 10.1. The number of oxime groups is 1. The summed E-state index contributed by atoms with van der Waals surface area (Å²) in [5.74, 6) is 0.661. The predicted molar refractivity (Wildman–Crippen MR) is 76.7 cm³/mol. The molecule has 0 fully saturated rings. The van der Waals surface area contributed by atoms with Crippen LogP contribution in [0.4, 0.5) is 0 Å². The molecule has 0 aromatic heterocycles. The van der Waals surface area contributed by atoms with Crippen LogP contribution in [0.3, 0.4) is 0 Å². The fraction of sp³-hybridized carbons (Fsp3) is 0.500. The highest BCUT2D eigenvalue weighted by Crippen LogP contribution is 2.20. The molecule has 19 heavy (non-hydrogen) atoms. The third-order valence-corrected chi connectivity index (χ3v) is 3.03. The van der Waals surface area contributed by atoms with Crippen LogP contribution in [0.1, 0.15) is 37.8 Å². The number of amidine groups is 1. The summed E-state index contributed by atoms with van der Waals surface area (Å²) in [6.45, 7) is 5.12. The van der Waals surface area contributed by atoms with Crippen LogP contribution in [-0.2, 0) is 6.54 Å². The van der Waals surface area contributed by atoms with Crippen LogP contribution < -0.4 is 15.8 Å². The van der Waals surface area contributed by atoms with E-state index in [9.17, 15) is 0 Å². The molecule has 5 heteroatoms. The van der Waals surface area contributed by atoms with Gasteiger partial charge in [-0.05, 0) is 31.0 Å². The molecule has 0 radical (unpaired) electrons. The van der Waals surface area contributed by atoms with Gasteiger partial charge in [-0.15, -0.1) is 0 Å². The van der Waals surface area contributed by atoms with Crippen molar-refractivity contribution in [1.29, 1.82) is 0 Å². The van der Waals surface area contributed by atoms with Crippen molar-refractivity contribution in [3.05, 3.63) is 29.3 Å². The third kappa shape index (κ3) is 4.44. The Bertz CT molecular complexity index is 433. The van der Waals surface area contributed by atoms with Gasteiger partial charge in [-0.2, -0.15) is 0 Å². The number of nitrogens with zero attached hydrogens (tertiary/aromatic N) is 1. The van der Waals surface area contributed by atoms with E-state index < -0.39 is 0 Å². The second kappa shape index (κ2) is 7.63. The van der Waals surface area contributed by atoms with Gasteiger partial charge in [0.05, 0.1) is 12.7 Å². The molecule has 1 aromatic carbocycles. The Morgan fingerprint density at radius 3 is 2.84 bits per heavy atom. The smallest absolute Gasteiger partial charge is 0.173 e. The van der Waals surface area contributed by atoms with Gasteiger partial charge in [0.1, 0.15) is 5.75 Å². The minimum Gasteiger partial charge on any atom is -0.496 e. The van der Waals surface area contributed by atoms with Gasteiger partial charge in [0.25, 0.3) is 0 Å². The molecule has 0 saturated heterocycles. The summed E-state index contributed by atoms with van der Waals surface area (Å²) < 4.78 is 5.26. The molecule has 0 aliphatic carbocycles. The minimum atomic E-state index is 0.0516. The number of benzene rings is 1. The van der Waals surface area contributed by atoms with E-state index in [2.05, 4.69) is 24.3 Å². The molecule has 1 rings (SSSR count). The first kappa shape index (κ1) is 15.3. The SMILES string of the molecule is CCCC(C)NCc1ccc(/C(N)=N/O)c(OC)c1. The number of hydrogen-bond acceptors (Lipinski definition) is 4. The number of rotatable bonds is 7. The number of nitrogens with two attached hydrogens (primary N) is 1. The highest BCUT2D eigenvalue weighted by Gasteiger charge is 2.09. The summed E-state index contributed by atoms with van der Waals surface area (Å²) in [4.78, 5) is 0. The van der Waals surface area contributed by atoms with E-state index in [4.69, 9.17) is 15.7 Å². The normalized spacial score (nSPS) is 13.3. The van der Waals surface area contributed by atoms with E-state index in [-0.39, 0.29) is 5.84 Å². The average Bonchev–Trinajstić information content (AvgIpc) is 2.44. The minimum absolute atomic E-state index is 0.0516. The van der Waals surface area contributed by atoms with Crippen molar-refractivity contribution >= 4 is 5.84 Å². The molecule has 1 atom stereocenters. The molecular formula is C14H23N3O2. The molecule has 0 aliphatic heterocycles. The summed E-state index contributed by atoms with van der Waals surface area (Å²) in [5.41, 5.74) is 7.29. The largest absolute Gasteiger partial charge is 0.496 e. The van der Waals surface area contributed by atoms with E-state index in [1.165, 1.54) is 6.42 Å². The highest BCUT2D eigenvalue weighted by atomic mass is 16.5. The maximum absolute atomic E-state index is 8.71. The topological polar surface area (TPSA) is 79.9 Å². The van der Waals surface area contributed by atoms with Crippen LogP contribution in [0.15, 0.2) is 23.4 Å². The summed E-state index contributed by atoms with van der Waals surface area (Å²) in [7, 11) is 1.57. The molecule has 0 amide bonds. The Balaban J connectivity index is 2.77. The molecule has 106 valence electrons. The second-order valence-electron chi connectivity index (χ2n) is 4.59. The first-order chi connectivity index (χ1) is 9.12. The molecule has 0 spiro atoms. The Labute approximate surface area is 114 Å². The summed E-state index contributed by atoms with van der Waals surface area (Å²) in [6, 6.07) is 6.13. The third-order valence-electron chi connectivity index (χ3n) is 3.03. The summed E-state index contributed by atoms with van der Waals surface area (Å²) in [5, 5.41) is 15.1. The number of nitrogens with one attached hydrogen (secondary N) is 1. The molecule has 0 heterocycles. The summed E-state index contributed by atoms with van der Waals surface area (Å²) >= 11 is 0. The van der Waals surface area contributed by atoms with Gasteiger partial charge in [-0.3, -0.25) is 0 Å². The molecule has 1 aromatic rings. The van der Waals surface area contributed by atoms with Crippen molar-refractivity contribution in [2.45, 2.75) is 39.3 Å². The second-order valence-corrected chi connectivity index (χ2v) is 4.59. The number of ether oxygens (including phenoxy) is 1. The van der Waals surface area contributed by atoms with Crippen molar-refractivity contribution in [3.63, 3.8) is 0 Å². The number of hydrogen-bond donors (Lipinski definition) is 3. The Morgan fingerprint density at radius 2 is 2.26 bits per heavy atom. The number of methoxy groups -OCH3 is 1. The molecular weight excluding hydrogens is 242 g/mol. The lowest BCUT2D eigenvalue weighted by molar-refractivity contribution is 0.318. The molecule has 0 bridgehead atoms.